The van der Waals surface area contributed by atoms with Crippen molar-refractivity contribution >= 4 is 22.7 Å². The second-order valence-electron chi connectivity index (χ2n) is 2.45. The fourth-order valence-corrected chi connectivity index (χ4v) is 2.57. The third-order valence-corrected chi connectivity index (χ3v) is 3.55. The highest BCUT2D eigenvalue weighted by Gasteiger charge is 2.06. The predicted molar refractivity (Wildman–Crippen MR) is 54.0 cm³/mol. The van der Waals surface area contributed by atoms with Gasteiger partial charge in [-0.3, -0.25) is 0 Å². The normalized spacial score (nSPS) is 10.5. The molecule has 0 radical (unpaired) electrons. The molecule has 0 unspecified atom stereocenters. The van der Waals surface area contributed by atoms with Crippen LogP contribution in [0.4, 0.5) is 0 Å². The molecule has 0 atom stereocenters. The van der Waals surface area contributed by atoms with Gasteiger partial charge in [0.1, 0.15) is 5.01 Å². The molecule has 0 aliphatic heterocycles. The van der Waals surface area contributed by atoms with Crippen molar-refractivity contribution in [1.82, 2.24) is 10.2 Å². The van der Waals surface area contributed by atoms with Crippen molar-refractivity contribution in [3.8, 4) is 9.88 Å². The number of hydrogen-bond acceptors (Lipinski definition) is 5. The number of aliphatic hydroxyl groups is 1. The summed E-state index contributed by atoms with van der Waals surface area (Å²) in [7, 11) is 0. The van der Waals surface area contributed by atoms with Crippen LogP contribution in [0.1, 0.15) is 5.01 Å². The zero-order valence-corrected chi connectivity index (χ0v) is 8.44. The van der Waals surface area contributed by atoms with Gasteiger partial charge in [0.25, 0.3) is 0 Å². The Balaban J connectivity index is 2.23. The summed E-state index contributed by atoms with van der Waals surface area (Å²) in [6, 6.07) is 4.01. The van der Waals surface area contributed by atoms with E-state index >= 15 is 0 Å². The van der Waals surface area contributed by atoms with Crippen LogP contribution in [-0.4, -0.2) is 21.9 Å². The summed E-state index contributed by atoms with van der Waals surface area (Å²) in [5.74, 6) is 0. The van der Waals surface area contributed by atoms with Crippen molar-refractivity contribution in [2.45, 2.75) is 6.42 Å². The molecule has 68 valence electrons. The van der Waals surface area contributed by atoms with Gasteiger partial charge in [0.15, 0.2) is 5.01 Å². The highest BCUT2D eigenvalue weighted by atomic mass is 32.1. The van der Waals surface area contributed by atoms with Crippen LogP contribution < -0.4 is 0 Å². The van der Waals surface area contributed by atoms with Gasteiger partial charge in [-0.25, -0.2) is 0 Å². The van der Waals surface area contributed by atoms with E-state index in [0.29, 0.717) is 6.42 Å². The van der Waals surface area contributed by atoms with Crippen molar-refractivity contribution in [2.24, 2.45) is 0 Å². The van der Waals surface area contributed by atoms with Crippen LogP contribution in [0, 0.1) is 0 Å². The standard InChI is InChI=1S/C8H8N2OS2/c11-4-3-7-9-10-8(13-7)6-2-1-5-12-6/h1-2,5,11H,3-4H2. The zero-order valence-electron chi connectivity index (χ0n) is 6.80. The highest BCUT2D eigenvalue weighted by molar-refractivity contribution is 7.20. The molecule has 2 rings (SSSR count). The molecule has 0 spiro atoms. The van der Waals surface area contributed by atoms with Crippen LogP contribution in [0.3, 0.4) is 0 Å². The number of nitrogens with zero attached hydrogens (tertiary/aromatic N) is 2. The maximum absolute atomic E-state index is 8.70. The van der Waals surface area contributed by atoms with E-state index in [-0.39, 0.29) is 6.61 Å². The van der Waals surface area contributed by atoms with Crippen LogP contribution in [0.2, 0.25) is 0 Å². The van der Waals surface area contributed by atoms with Gasteiger partial charge in [-0.1, -0.05) is 17.4 Å². The predicted octanol–water partition coefficient (Wildman–Crippen LogP) is 1.80. The topological polar surface area (TPSA) is 46.0 Å². The van der Waals surface area contributed by atoms with E-state index in [4.69, 9.17) is 5.11 Å². The molecule has 0 fully saturated rings. The second kappa shape index (κ2) is 3.95. The summed E-state index contributed by atoms with van der Waals surface area (Å²) in [5.41, 5.74) is 0. The van der Waals surface area contributed by atoms with E-state index in [0.717, 1.165) is 14.9 Å². The van der Waals surface area contributed by atoms with Crippen LogP contribution in [0.25, 0.3) is 9.88 Å². The lowest BCUT2D eigenvalue weighted by Crippen LogP contribution is -1.88. The average Bonchev–Trinajstić information content (AvgIpc) is 2.70. The lowest BCUT2D eigenvalue weighted by molar-refractivity contribution is 0.299. The van der Waals surface area contributed by atoms with E-state index in [2.05, 4.69) is 10.2 Å². The quantitative estimate of drug-likeness (QED) is 0.844. The van der Waals surface area contributed by atoms with Gasteiger partial charge in [-0.15, -0.1) is 21.5 Å². The lowest BCUT2D eigenvalue weighted by Gasteiger charge is -1.85. The highest BCUT2D eigenvalue weighted by Crippen LogP contribution is 2.27. The Bertz CT molecular complexity index is 369. The number of aliphatic hydroxyl groups excluding tert-OH is 1. The zero-order chi connectivity index (χ0) is 9.10. The first-order chi connectivity index (χ1) is 6.40. The fraction of sp³-hybridized carbons (Fsp3) is 0.250. The summed E-state index contributed by atoms with van der Waals surface area (Å²) in [5, 5.41) is 20.6. The summed E-state index contributed by atoms with van der Waals surface area (Å²) in [4.78, 5) is 1.14. The molecule has 0 aliphatic rings. The van der Waals surface area contributed by atoms with Gasteiger partial charge >= 0.3 is 0 Å². The average molecular weight is 212 g/mol. The van der Waals surface area contributed by atoms with Crippen molar-refractivity contribution < 1.29 is 5.11 Å². The van der Waals surface area contributed by atoms with Gasteiger partial charge in [-0.05, 0) is 11.4 Å². The molecule has 13 heavy (non-hydrogen) atoms. The molecule has 2 heterocycles. The SMILES string of the molecule is OCCc1nnc(-c2cccs2)s1. The molecule has 2 aromatic heterocycles. The molecule has 0 saturated carbocycles. The Kier molecular flexibility index (Phi) is 2.68. The third kappa shape index (κ3) is 1.93. The Morgan fingerprint density at radius 1 is 1.38 bits per heavy atom. The van der Waals surface area contributed by atoms with Crippen LogP contribution in [0.5, 0.6) is 0 Å². The maximum atomic E-state index is 8.70. The summed E-state index contributed by atoms with van der Waals surface area (Å²) >= 11 is 3.20. The number of hydrogen-bond donors (Lipinski definition) is 1. The minimum absolute atomic E-state index is 0.138. The lowest BCUT2D eigenvalue weighted by atomic mass is 10.5. The second-order valence-corrected chi connectivity index (χ2v) is 4.46. The fourth-order valence-electron chi connectivity index (χ4n) is 0.950. The Labute approximate surface area is 83.7 Å². The molecular formula is C8H8N2OS2. The summed E-state index contributed by atoms with van der Waals surface area (Å²) in [6.07, 6.45) is 0.600. The number of rotatable bonds is 3. The third-order valence-electron chi connectivity index (χ3n) is 1.52. The summed E-state index contributed by atoms with van der Waals surface area (Å²) < 4.78 is 0. The molecule has 1 N–H and O–H groups in total. The molecule has 0 saturated heterocycles. The number of thiophene rings is 1. The smallest absolute Gasteiger partial charge is 0.157 e. The first-order valence-corrected chi connectivity index (χ1v) is 5.57. The van der Waals surface area contributed by atoms with Crippen molar-refractivity contribution in [3.05, 3.63) is 22.5 Å². The van der Waals surface area contributed by atoms with E-state index in [1.165, 1.54) is 0 Å². The van der Waals surface area contributed by atoms with Crippen molar-refractivity contribution in [3.63, 3.8) is 0 Å². The minimum Gasteiger partial charge on any atom is -0.396 e. The van der Waals surface area contributed by atoms with Crippen molar-refractivity contribution in [2.75, 3.05) is 6.61 Å². The number of aromatic nitrogens is 2. The van der Waals surface area contributed by atoms with E-state index in [9.17, 15) is 0 Å². The molecule has 0 bridgehead atoms. The Morgan fingerprint density at radius 3 is 3.00 bits per heavy atom. The van der Waals surface area contributed by atoms with Gasteiger partial charge in [0.2, 0.25) is 0 Å². The van der Waals surface area contributed by atoms with E-state index < -0.39 is 0 Å². The van der Waals surface area contributed by atoms with E-state index in [1.807, 2.05) is 17.5 Å². The van der Waals surface area contributed by atoms with Gasteiger partial charge in [0.05, 0.1) is 4.88 Å². The first-order valence-electron chi connectivity index (χ1n) is 3.87. The van der Waals surface area contributed by atoms with Crippen LogP contribution in [-0.2, 0) is 6.42 Å². The minimum atomic E-state index is 0.138. The molecule has 0 aromatic carbocycles. The molecule has 5 heteroatoms. The van der Waals surface area contributed by atoms with Crippen molar-refractivity contribution in [1.29, 1.82) is 0 Å². The van der Waals surface area contributed by atoms with Gasteiger partial charge < -0.3 is 5.11 Å². The Morgan fingerprint density at radius 2 is 2.31 bits per heavy atom. The molecule has 0 amide bonds. The maximum Gasteiger partial charge on any atom is 0.157 e. The monoisotopic (exact) mass is 212 g/mol. The van der Waals surface area contributed by atoms with Crippen LogP contribution >= 0.6 is 22.7 Å². The molecule has 3 nitrogen and oxygen atoms in total. The van der Waals surface area contributed by atoms with Gasteiger partial charge in [0, 0.05) is 13.0 Å². The summed E-state index contributed by atoms with van der Waals surface area (Å²) in [6.45, 7) is 0.138. The first kappa shape index (κ1) is 8.80. The molecule has 2 aromatic rings. The largest absolute Gasteiger partial charge is 0.396 e. The van der Waals surface area contributed by atoms with Gasteiger partial charge in [-0.2, -0.15) is 0 Å². The molecular weight excluding hydrogens is 204 g/mol. The van der Waals surface area contributed by atoms with Crippen LogP contribution in [0.15, 0.2) is 17.5 Å². The molecule has 0 aliphatic carbocycles. The Hall–Kier alpha value is -0.780. The van der Waals surface area contributed by atoms with E-state index in [1.54, 1.807) is 22.7 Å².